The van der Waals surface area contributed by atoms with Gasteiger partial charge < -0.3 is 25.4 Å². The average Bonchev–Trinajstić information content (AvgIpc) is 3.60. The number of phenols is 1. The maximum atomic E-state index is 10.1. The number of nitrogens with one attached hydrogen (secondary N) is 2. The number of aliphatic hydroxyl groups excluding tert-OH is 1. The minimum atomic E-state index is -0.201. The molecule has 37 heavy (non-hydrogen) atoms. The van der Waals surface area contributed by atoms with Crippen LogP contribution in [0.5, 0.6) is 5.75 Å². The normalized spacial score (nSPS) is 20.4. The zero-order valence-corrected chi connectivity index (χ0v) is 20.8. The summed E-state index contributed by atoms with van der Waals surface area (Å²) in [6.45, 7) is 0.533. The third kappa shape index (κ3) is 5.09. The van der Waals surface area contributed by atoms with Crippen molar-refractivity contribution in [2.24, 2.45) is 0 Å². The van der Waals surface area contributed by atoms with Crippen molar-refractivity contribution in [2.45, 2.75) is 76.1 Å². The van der Waals surface area contributed by atoms with E-state index in [9.17, 15) is 10.2 Å². The van der Waals surface area contributed by atoms with Gasteiger partial charge in [-0.1, -0.05) is 31.0 Å². The van der Waals surface area contributed by atoms with Crippen molar-refractivity contribution in [2.75, 3.05) is 10.6 Å². The van der Waals surface area contributed by atoms with Crippen molar-refractivity contribution in [1.29, 1.82) is 0 Å². The SMILES string of the molecule is Oc1ccccc1-c1ccc(CNc2nc(NC3CCC(O)CC3)nc3c2ncn3C2CCCC2)cn1. The van der Waals surface area contributed by atoms with Crippen molar-refractivity contribution in [3.05, 3.63) is 54.5 Å². The lowest BCUT2D eigenvalue weighted by Gasteiger charge is -2.26. The number of para-hydroxylation sites is 1. The van der Waals surface area contributed by atoms with E-state index in [-0.39, 0.29) is 17.9 Å². The van der Waals surface area contributed by atoms with E-state index < -0.39 is 0 Å². The number of pyridine rings is 1. The number of nitrogens with zero attached hydrogens (tertiary/aromatic N) is 5. The van der Waals surface area contributed by atoms with Gasteiger partial charge in [0, 0.05) is 30.4 Å². The van der Waals surface area contributed by atoms with Gasteiger partial charge in [-0.25, -0.2) is 4.98 Å². The fourth-order valence-electron chi connectivity index (χ4n) is 5.52. The third-order valence-electron chi connectivity index (χ3n) is 7.63. The number of aromatic hydroxyl groups is 1. The number of aliphatic hydroxyl groups is 1. The lowest BCUT2D eigenvalue weighted by Crippen LogP contribution is -2.29. The summed E-state index contributed by atoms with van der Waals surface area (Å²) in [6, 6.07) is 11.8. The highest BCUT2D eigenvalue weighted by molar-refractivity contribution is 5.84. The van der Waals surface area contributed by atoms with Crippen molar-refractivity contribution >= 4 is 22.9 Å². The molecule has 3 heterocycles. The molecule has 1 aromatic carbocycles. The van der Waals surface area contributed by atoms with E-state index in [2.05, 4.69) is 20.2 Å². The zero-order chi connectivity index (χ0) is 25.2. The fraction of sp³-hybridized carbons (Fsp3) is 0.429. The summed E-state index contributed by atoms with van der Waals surface area (Å²) in [5, 5.41) is 27.0. The molecule has 2 aliphatic rings. The molecule has 2 aliphatic carbocycles. The number of hydrogen-bond donors (Lipinski definition) is 4. The van der Waals surface area contributed by atoms with Crippen LogP contribution in [0.3, 0.4) is 0 Å². The lowest BCUT2D eigenvalue weighted by molar-refractivity contribution is 0.126. The second-order valence-electron chi connectivity index (χ2n) is 10.2. The van der Waals surface area contributed by atoms with Gasteiger partial charge in [0.05, 0.1) is 18.1 Å². The van der Waals surface area contributed by atoms with Crippen molar-refractivity contribution in [3.8, 4) is 17.0 Å². The van der Waals surface area contributed by atoms with Crippen LogP contribution in [0.4, 0.5) is 11.8 Å². The van der Waals surface area contributed by atoms with Crippen LogP contribution in [0.25, 0.3) is 22.4 Å². The van der Waals surface area contributed by atoms with E-state index in [1.165, 1.54) is 12.8 Å². The minimum Gasteiger partial charge on any atom is -0.507 e. The molecule has 9 nitrogen and oxygen atoms in total. The molecule has 0 atom stereocenters. The lowest BCUT2D eigenvalue weighted by atomic mass is 9.93. The first-order chi connectivity index (χ1) is 18.1. The quantitative estimate of drug-likeness (QED) is 0.279. The van der Waals surface area contributed by atoms with Crippen LogP contribution in [0.2, 0.25) is 0 Å². The summed E-state index contributed by atoms with van der Waals surface area (Å²) in [5.74, 6) is 1.52. The van der Waals surface area contributed by atoms with E-state index in [4.69, 9.17) is 15.0 Å². The molecule has 6 rings (SSSR count). The Balaban J connectivity index is 1.25. The van der Waals surface area contributed by atoms with Crippen LogP contribution in [0.15, 0.2) is 48.9 Å². The number of fused-ring (bicyclic) bond motifs is 1. The highest BCUT2D eigenvalue weighted by Crippen LogP contribution is 2.33. The molecule has 2 fully saturated rings. The molecule has 0 bridgehead atoms. The Morgan fingerprint density at radius 2 is 1.73 bits per heavy atom. The number of anilines is 2. The molecule has 3 aromatic heterocycles. The predicted octanol–water partition coefficient (Wildman–Crippen LogP) is 5.04. The molecule has 0 radical (unpaired) electrons. The molecule has 4 aromatic rings. The molecular formula is C28H33N7O2. The Morgan fingerprint density at radius 1 is 0.919 bits per heavy atom. The minimum absolute atomic E-state index is 0.201. The molecule has 0 spiro atoms. The summed E-state index contributed by atoms with van der Waals surface area (Å²) >= 11 is 0. The van der Waals surface area contributed by atoms with Gasteiger partial charge in [-0.15, -0.1) is 0 Å². The predicted molar refractivity (Wildman–Crippen MR) is 143 cm³/mol. The van der Waals surface area contributed by atoms with Crippen LogP contribution in [0, 0.1) is 0 Å². The number of phenolic OH excluding ortho intramolecular Hbond substituents is 1. The van der Waals surface area contributed by atoms with Gasteiger partial charge in [-0.2, -0.15) is 9.97 Å². The third-order valence-corrected chi connectivity index (χ3v) is 7.63. The van der Waals surface area contributed by atoms with Gasteiger partial charge in [0.25, 0.3) is 0 Å². The molecule has 0 amide bonds. The van der Waals surface area contributed by atoms with E-state index >= 15 is 0 Å². The molecule has 0 unspecified atom stereocenters. The largest absolute Gasteiger partial charge is 0.507 e. The molecule has 0 aliphatic heterocycles. The first kappa shape index (κ1) is 23.7. The van der Waals surface area contributed by atoms with E-state index in [1.54, 1.807) is 12.1 Å². The number of rotatable bonds is 7. The Hall–Kier alpha value is -3.72. The zero-order valence-electron chi connectivity index (χ0n) is 20.8. The maximum absolute atomic E-state index is 10.1. The first-order valence-electron chi connectivity index (χ1n) is 13.3. The standard InChI is InChI=1S/C28H33N7O2/c36-21-12-10-19(11-13-21)32-28-33-26(25-27(34-28)35(17-31-25)20-5-1-2-6-20)30-16-18-9-14-23(29-15-18)22-7-3-4-8-24(22)37/h3-4,7-9,14-15,17,19-21,36-37H,1-2,5-6,10-13,16H2,(H2,30,32,33,34). The number of benzene rings is 1. The van der Waals surface area contributed by atoms with E-state index in [1.807, 2.05) is 36.8 Å². The van der Waals surface area contributed by atoms with Gasteiger partial charge >= 0.3 is 0 Å². The Labute approximate surface area is 216 Å². The smallest absolute Gasteiger partial charge is 0.227 e. The van der Waals surface area contributed by atoms with Crippen molar-refractivity contribution in [3.63, 3.8) is 0 Å². The number of aromatic nitrogens is 5. The maximum Gasteiger partial charge on any atom is 0.227 e. The van der Waals surface area contributed by atoms with E-state index in [0.29, 0.717) is 29.9 Å². The fourth-order valence-corrected chi connectivity index (χ4v) is 5.52. The van der Waals surface area contributed by atoms with Crippen LogP contribution in [-0.2, 0) is 6.54 Å². The summed E-state index contributed by atoms with van der Waals surface area (Å²) in [7, 11) is 0. The highest BCUT2D eigenvalue weighted by atomic mass is 16.3. The summed E-state index contributed by atoms with van der Waals surface area (Å²) in [4.78, 5) is 19.0. The van der Waals surface area contributed by atoms with Crippen LogP contribution >= 0.6 is 0 Å². The van der Waals surface area contributed by atoms with Gasteiger partial charge in [-0.3, -0.25) is 4.98 Å². The molecule has 2 saturated carbocycles. The van der Waals surface area contributed by atoms with Gasteiger partial charge in [0.2, 0.25) is 5.95 Å². The van der Waals surface area contributed by atoms with Crippen LogP contribution in [-0.4, -0.2) is 46.9 Å². The van der Waals surface area contributed by atoms with Crippen molar-refractivity contribution in [1.82, 2.24) is 24.5 Å². The molecule has 9 heteroatoms. The molecule has 4 N–H and O–H groups in total. The summed E-state index contributed by atoms with van der Waals surface area (Å²) in [6.07, 6.45) is 11.7. The van der Waals surface area contributed by atoms with Gasteiger partial charge in [0.1, 0.15) is 5.75 Å². The van der Waals surface area contributed by atoms with Gasteiger partial charge in [0.15, 0.2) is 17.0 Å². The monoisotopic (exact) mass is 499 g/mol. The second-order valence-corrected chi connectivity index (χ2v) is 10.2. The Bertz CT molecular complexity index is 1360. The van der Waals surface area contributed by atoms with Crippen molar-refractivity contribution < 1.29 is 10.2 Å². The van der Waals surface area contributed by atoms with Crippen LogP contribution < -0.4 is 10.6 Å². The Morgan fingerprint density at radius 3 is 2.49 bits per heavy atom. The van der Waals surface area contributed by atoms with Gasteiger partial charge in [-0.05, 0) is 62.3 Å². The molecule has 192 valence electrons. The van der Waals surface area contributed by atoms with Crippen LogP contribution in [0.1, 0.15) is 63.0 Å². The summed E-state index contributed by atoms with van der Waals surface area (Å²) in [5.41, 5.74) is 4.07. The highest BCUT2D eigenvalue weighted by Gasteiger charge is 2.24. The Kier molecular flexibility index (Phi) is 6.61. The first-order valence-corrected chi connectivity index (χ1v) is 13.3. The second kappa shape index (κ2) is 10.3. The topological polar surface area (TPSA) is 121 Å². The number of imidazole rings is 1. The number of hydrogen-bond acceptors (Lipinski definition) is 8. The average molecular weight is 500 g/mol. The summed E-state index contributed by atoms with van der Waals surface area (Å²) < 4.78 is 2.22. The molecule has 0 saturated heterocycles. The molecular weight excluding hydrogens is 466 g/mol. The van der Waals surface area contributed by atoms with E-state index in [0.717, 1.165) is 60.9 Å².